The number of hydrogen-bond donors (Lipinski definition) is 1. The number of nitrogens with one attached hydrogen (secondary N) is 1. The molecule has 1 aliphatic carbocycles. The van der Waals surface area contributed by atoms with Crippen LogP contribution in [0.3, 0.4) is 0 Å². The van der Waals surface area contributed by atoms with Gasteiger partial charge in [-0.1, -0.05) is 20.3 Å². The molecule has 2 heterocycles. The number of ether oxygens (including phenoxy) is 1. The Morgan fingerprint density at radius 2 is 2.24 bits per heavy atom. The molecule has 0 aromatic carbocycles. The zero-order valence-corrected chi connectivity index (χ0v) is 13.5. The topological polar surface area (TPSA) is 47.0 Å². The first-order chi connectivity index (χ1) is 10.2. The van der Waals surface area contributed by atoms with Gasteiger partial charge in [-0.15, -0.1) is 0 Å². The minimum absolute atomic E-state index is 0.270. The van der Waals surface area contributed by atoms with E-state index in [0.717, 1.165) is 44.6 Å². The monoisotopic (exact) mass is 289 g/mol. The summed E-state index contributed by atoms with van der Waals surface area (Å²) < 4.78 is 5.98. The van der Waals surface area contributed by atoms with Crippen molar-refractivity contribution in [1.82, 2.24) is 15.3 Å². The van der Waals surface area contributed by atoms with Crippen molar-refractivity contribution in [1.29, 1.82) is 0 Å². The van der Waals surface area contributed by atoms with Crippen LogP contribution in [0.15, 0.2) is 0 Å². The lowest BCUT2D eigenvalue weighted by molar-refractivity contribution is -0.0649. The van der Waals surface area contributed by atoms with Gasteiger partial charge < -0.3 is 10.1 Å². The van der Waals surface area contributed by atoms with Crippen molar-refractivity contribution in [2.45, 2.75) is 64.5 Å². The Morgan fingerprint density at radius 1 is 1.38 bits per heavy atom. The predicted octanol–water partition coefficient (Wildman–Crippen LogP) is 2.74. The number of aromatic nitrogens is 2. The van der Waals surface area contributed by atoms with Crippen molar-refractivity contribution in [3.05, 3.63) is 22.8 Å². The van der Waals surface area contributed by atoms with E-state index in [-0.39, 0.29) is 5.60 Å². The van der Waals surface area contributed by atoms with E-state index in [1.807, 2.05) is 7.11 Å². The Bertz CT molecular complexity index is 500. The molecule has 2 atom stereocenters. The number of methoxy groups -OCH3 is 1. The zero-order valence-electron chi connectivity index (χ0n) is 13.5. The minimum atomic E-state index is -0.270. The fraction of sp³-hybridized carbons (Fsp3) is 0.765. The van der Waals surface area contributed by atoms with Gasteiger partial charge in [-0.25, -0.2) is 9.97 Å². The third kappa shape index (κ3) is 2.71. The van der Waals surface area contributed by atoms with Gasteiger partial charge in [0.05, 0.1) is 5.69 Å². The smallest absolute Gasteiger partial charge is 0.160 e. The van der Waals surface area contributed by atoms with Crippen LogP contribution in [-0.2, 0) is 29.7 Å². The first kappa shape index (κ1) is 14.9. The molecule has 4 heteroatoms. The van der Waals surface area contributed by atoms with E-state index in [9.17, 15) is 0 Å². The van der Waals surface area contributed by atoms with Crippen LogP contribution < -0.4 is 5.32 Å². The molecule has 0 bridgehead atoms. The molecule has 1 aromatic heterocycles. The van der Waals surface area contributed by atoms with Gasteiger partial charge in [-0.3, -0.25) is 0 Å². The minimum Gasteiger partial charge on any atom is -0.370 e. The third-order valence-electron chi connectivity index (χ3n) is 5.11. The van der Waals surface area contributed by atoms with E-state index >= 15 is 0 Å². The average molecular weight is 289 g/mol. The molecule has 0 radical (unpaired) electrons. The summed E-state index contributed by atoms with van der Waals surface area (Å²) in [5, 5.41) is 3.43. The number of fused-ring (bicyclic) bond motifs is 1. The van der Waals surface area contributed by atoms with Crippen LogP contribution in [0.1, 0.15) is 62.3 Å². The molecule has 0 amide bonds. The van der Waals surface area contributed by atoms with Crippen LogP contribution in [0, 0.1) is 5.92 Å². The highest BCUT2D eigenvalue weighted by Crippen LogP contribution is 2.41. The van der Waals surface area contributed by atoms with Gasteiger partial charge in [0.15, 0.2) is 5.82 Å². The van der Waals surface area contributed by atoms with Crippen LogP contribution in [-0.4, -0.2) is 23.6 Å². The third-order valence-corrected chi connectivity index (χ3v) is 5.11. The van der Waals surface area contributed by atoms with Crippen LogP contribution >= 0.6 is 0 Å². The van der Waals surface area contributed by atoms with E-state index in [4.69, 9.17) is 14.7 Å². The second-order valence-corrected chi connectivity index (χ2v) is 6.60. The summed E-state index contributed by atoms with van der Waals surface area (Å²) in [6.07, 6.45) is 6.61. The second-order valence-electron chi connectivity index (χ2n) is 6.60. The van der Waals surface area contributed by atoms with Crippen molar-refractivity contribution >= 4 is 0 Å². The lowest BCUT2D eigenvalue weighted by Gasteiger charge is -2.38. The molecule has 2 unspecified atom stereocenters. The molecule has 1 aliphatic heterocycles. The first-order valence-electron chi connectivity index (χ1n) is 8.33. The van der Waals surface area contributed by atoms with Crippen molar-refractivity contribution in [3.63, 3.8) is 0 Å². The highest BCUT2D eigenvalue weighted by molar-refractivity contribution is 5.30. The second kappa shape index (κ2) is 6.01. The summed E-state index contributed by atoms with van der Waals surface area (Å²) in [6.45, 7) is 6.41. The Hall–Kier alpha value is -1.00. The summed E-state index contributed by atoms with van der Waals surface area (Å²) >= 11 is 0. The van der Waals surface area contributed by atoms with Gasteiger partial charge in [-0.2, -0.15) is 0 Å². The maximum Gasteiger partial charge on any atom is 0.160 e. The van der Waals surface area contributed by atoms with Crippen molar-refractivity contribution in [3.8, 4) is 0 Å². The molecule has 21 heavy (non-hydrogen) atoms. The van der Waals surface area contributed by atoms with E-state index in [2.05, 4.69) is 19.2 Å². The fourth-order valence-corrected chi connectivity index (χ4v) is 3.92. The largest absolute Gasteiger partial charge is 0.370 e. The Balaban J connectivity index is 2.04. The molecule has 4 nitrogen and oxygen atoms in total. The Morgan fingerprint density at radius 3 is 2.95 bits per heavy atom. The molecule has 3 rings (SSSR count). The maximum atomic E-state index is 5.98. The lowest BCUT2D eigenvalue weighted by Crippen LogP contribution is -2.38. The standard InChI is InChI=1S/C17H27N3O/c1-4-14-13-7-9-18-11-15(13)20-16(19-14)17(21-3)8-5-6-12(2)10-17/h12,18H,4-11H2,1-3H3. The molecule has 1 fully saturated rings. The maximum absolute atomic E-state index is 5.98. The summed E-state index contributed by atoms with van der Waals surface area (Å²) in [5.41, 5.74) is 3.52. The van der Waals surface area contributed by atoms with Crippen molar-refractivity contribution in [2.24, 2.45) is 5.92 Å². The highest BCUT2D eigenvalue weighted by atomic mass is 16.5. The Kier molecular flexibility index (Phi) is 4.27. The van der Waals surface area contributed by atoms with Gasteiger partial charge in [0.2, 0.25) is 0 Å². The van der Waals surface area contributed by atoms with Crippen molar-refractivity contribution < 1.29 is 4.74 Å². The molecule has 0 saturated heterocycles. The molecular formula is C17H27N3O. The molecule has 0 spiro atoms. The first-order valence-corrected chi connectivity index (χ1v) is 8.33. The van der Waals surface area contributed by atoms with E-state index in [0.29, 0.717) is 5.92 Å². The SMILES string of the molecule is CCc1nc(C2(OC)CCCC(C)C2)nc2c1CCNC2. The van der Waals surface area contributed by atoms with Crippen LogP contribution in [0.5, 0.6) is 0 Å². The van der Waals surface area contributed by atoms with Crippen LogP contribution in [0.4, 0.5) is 0 Å². The Labute approximate surface area is 127 Å². The van der Waals surface area contributed by atoms with E-state index in [1.54, 1.807) is 0 Å². The number of rotatable bonds is 3. The van der Waals surface area contributed by atoms with Crippen molar-refractivity contribution in [2.75, 3.05) is 13.7 Å². The number of hydrogen-bond acceptors (Lipinski definition) is 4. The molecule has 2 aliphatic rings. The van der Waals surface area contributed by atoms with Gasteiger partial charge >= 0.3 is 0 Å². The molecular weight excluding hydrogens is 262 g/mol. The van der Waals surface area contributed by atoms with Crippen LogP contribution in [0.2, 0.25) is 0 Å². The van der Waals surface area contributed by atoms with E-state index < -0.39 is 0 Å². The zero-order chi connectivity index (χ0) is 14.9. The summed E-state index contributed by atoms with van der Waals surface area (Å²) in [4.78, 5) is 9.87. The number of aryl methyl sites for hydroxylation is 1. The summed E-state index contributed by atoms with van der Waals surface area (Å²) in [6, 6.07) is 0. The fourth-order valence-electron chi connectivity index (χ4n) is 3.92. The van der Waals surface area contributed by atoms with Gasteiger partial charge in [0.25, 0.3) is 0 Å². The van der Waals surface area contributed by atoms with E-state index in [1.165, 1.54) is 29.8 Å². The molecule has 1 saturated carbocycles. The molecule has 116 valence electrons. The molecule has 1 aromatic rings. The normalized spacial score (nSPS) is 29.2. The lowest BCUT2D eigenvalue weighted by atomic mass is 9.78. The predicted molar refractivity (Wildman–Crippen MR) is 83.1 cm³/mol. The van der Waals surface area contributed by atoms with Crippen LogP contribution in [0.25, 0.3) is 0 Å². The van der Waals surface area contributed by atoms with Gasteiger partial charge in [0.1, 0.15) is 5.60 Å². The number of nitrogens with zero attached hydrogens (tertiary/aromatic N) is 2. The van der Waals surface area contributed by atoms with Gasteiger partial charge in [0, 0.05) is 19.3 Å². The summed E-state index contributed by atoms with van der Waals surface area (Å²) in [5.74, 6) is 1.61. The highest BCUT2D eigenvalue weighted by Gasteiger charge is 2.40. The molecule has 1 N–H and O–H groups in total. The van der Waals surface area contributed by atoms with Gasteiger partial charge in [-0.05, 0) is 50.1 Å². The quantitative estimate of drug-likeness (QED) is 0.929. The average Bonchev–Trinajstić information content (AvgIpc) is 2.53. The summed E-state index contributed by atoms with van der Waals surface area (Å²) in [7, 11) is 1.82.